The number of halogens is 1. The summed E-state index contributed by atoms with van der Waals surface area (Å²) < 4.78 is 27.0. The van der Waals surface area contributed by atoms with Crippen molar-refractivity contribution >= 4 is 45.0 Å². The summed E-state index contributed by atoms with van der Waals surface area (Å²) in [6, 6.07) is 10.5. The smallest absolute Gasteiger partial charge is 0.335 e. The molecule has 0 saturated carbocycles. The van der Waals surface area contributed by atoms with Crippen LogP contribution in [0.4, 0.5) is 5.69 Å². The Morgan fingerprint density at radius 2 is 2.00 bits per heavy atom. The summed E-state index contributed by atoms with van der Waals surface area (Å²) in [6.45, 7) is 0.273. The van der Waals surface area contributed by atoms with Crippen LogP contribution in [0.2, 0.25) is 5.02 Å². The van der Waals surface area contributed by atoms with E-state index in [2.05, 4.69) is 0 Å². The highest BCUT2D eigenvalue weighted by molar-refractivity contribution is 8.00. The number of fused-ring (bicyclic) bond motifs is 1. The third-order valence-corrected chi connectivity index (χ3v) is 6.50. The third kappa shape index (κ3) is 3.04. The molecule has 0 fully saturated rings. The van der Waals surface area contributed by atoms with Crippen LogP contribution in [0.3, 0.4) is 0 Å². The number of benzene rings is 2. The zero-order chi connectivity index (χ0) is 16.6. The molecule has 2 aromatic rings. The summed E-state index contributed by atoms with van der Waals surface area (Å²) in [5.41, 5.74) is 0.443. The molecule has 23 heavy (non-hydrogen) atoms. The number of rotatable bonds is 3. The van der Waals surface area contributed by atoms with Gasteiger partial charge in [-0.15, -0.1) is 11.8 Å². The molecule has 1 aliphatic rings. The molecule has 0 aromatic heterocycles. The molecular formula is C15H12ClNO4S2. The topological polar surface area (TPSA) is 74.7 Å². The highest BCUT2D eigenvalue weighted by Crippen LogP contribution is 2.38. The summed E-state index contributed by atoms with van der Waals surface area (Å²) in [5, 5.41) is 9.47. The first kappa shape index (κ1) is 16.2. The maximum absolute atomic E-state index is 12.9. The van der Waals surface area contributed by atoms with E-state index in [1.54, 1.807) is 18.2 Å². The van der Waals surface area contributed by atoms with Crippen LogP contribution in [-0.2, 0) is 10.0 Å². The van der Waals surface area contributed by atoms with Crippen LogP contribution in [0.5, 0.6) is 0 Å². The van der Waals surface area contributed by atoms with E-state index in [0.717, 1.165) is 4.90 Å². The van der Waals surface area contributed by atoms with Crippen LogP contribution in [0.1, 0.15) is 10.4 Å². The third-order valence-electron chi connectivity index (χ3n) is 3.41. The number of aromatic carboxylic acids is 1. The Labute approximate surface area is 142 Å². The normalized spacial score (nSPS) is 14.4. The zero-order valence-electron chi connectivity index (χ0n) is 11.8. The predicted molar refractivity (Wildman–Crippen MR) is 90.1 cm³/mol. The molecule has 1 heterocycles. The molecule has 5 nitrogen and oxygen atoms in total. The largest absolute Gasteiger partial charge is 0.478 e. The van der Waals surface area contributed by atoms with Gasteiger partial charge in [0.05, 0.1) is 16.1 Å². The minimum atomic E-state index is -3.80. The molecule has 8 heteroatoms. The minimum absolute atomic E-state index is 0.0533. The molecule has 2 aromatic carbocycles. The van der Waals surface area contributed by atoms with Gasteiger partial charge in [-0.05, 0) is 36.4 Å². The van der Waals surface area contributed by atoms with Gasteiger partial charge in [-0.25, -0.2) is 13.2 Å². The van der Waals surface area contributed by atoms with Gasteiger partial charge in [-0.1, -0.05) is 17.7 Å². The highest BCUT2D eigenvalue weighted by atomic mass is 35.5. The van der Waals surface area contributed by atoms with Crippen LogP contribution >= 0.6 is 23.4 Å². The molecular weight excluding hydrogens is 358 g/mol. The van der Waals surface area contributed by atoms with Gasteiger partial charge in [0.15, 0.2) is 0 Å². The van der Waals surface area contributed by atoms with Gasteiger partial charge in [-0.2, -0.15) is 0 Å². The Kier molecular flexibility index (Phi) is 4.27. The first-order valence-corrected chi connectivity index (χ1v) is 9.48. The number of carbonyl (C=O) groups is 1. The molecule has 3 rings (SSSR count). The number of carboxylic acids is 1. The van der Waals surface area contributed by atoms with E-state index in [4.69, 9.17) is 16.7 Å². The lowest BCUT2D eigenvalue weighted by Gasteiger charge is -2.30. The summed E-state index contributed by atoms with van der Waals surface area (Å²) in [5.74, 6) is -0.498. The van der Waals surface area contributed by atoms with E-state index in [1.165, 1.54) is 40.3 Å². The van der Waals surface area contributed by atoms with Crippen LogP contribution in [-0.4, -0.2) is 31.8 Å². The van der Waals surface area contributed by atoms with E-state index >= 15 is 0 Å². The number of anilines is 1. The molecule has 0 radical (unpaired) electrons. The number of hydrogen-bond acceptors (Lipinski definition) is 4. The van der Waals surface area contributed by atoms with Crippen LogP contribution in [0.15, 0.2) is 52.3 Å². The monoisotopic (exact) mass is 369 g/mol. The Morgan fingerprint density at radius 1 is 1.22 bits per heavy atom. The maximum Gasteiger partial charge on any atom is 0.335 e. The Balaban J connectivity index is 2.12. The molecule has 0 unspecified atom stereocenters. The molecule has 0 spiro atoms. The van der Waals surface area contributed by atoms with Crippen molar-refractivity contribution in [3.05, 3.63) is 53.1 Å². The van der Waals surface area contributed by atoms with Crippen molar-refractivity contribution in [1.82, 2.24) is 0 Å². The zero-order valence-corrected chi connectivity index (χ0v) is 14.2. The Hall–Kier alpha value is -1.70. The van der Waals surface area contributed by atoms with Crippen molar-refractivity contribution in [1.29, 1.82) is 0 Å². The van der Waals surface area contributed by atoms with E-state index in [9.17, 15) is 13.2 Å². The van der Waals surface area contributed by atoms with Gasteiger partial charge >= 0.3 is 5.97 Å². The maximum atomic E-state index is 12.9. The molecule has 1 aliphatic heterocycles. The standard InChI is InChI=1S/C15H12ClNO4S2/c16-11-2-1-3-12(9-11)23(20,21)17-6-7-22-14-5-4-10(15(18)19)8-13(14)17/h1-5,8-9H,6-7H2,(H,18,19). The number of sulfonamides is 1. The van der Waals surface area contributed by atoms with Crippen LogP contribution in [0.25, 0.3) is 0 Å². The van der Waals surface area contributed by atoms with Crippen LogP contribution < -0.4 is 4.31 Å². The quantitative estimate of drug-likeness (QED) is 0.898. The van der Waals surface area contributed by atoms with Crippen molar-refractivity contribution in [3.63, 3.8) is 0 Å². The van der Waals surface area contributed by atoms with Gasteiger partial charge in [0.2, 0.25) is 0 Å². The van der Waals surface area contributed by atoms with Gasteiger partial charge in [-0.3, -0.25) is 4.31 Å². The SMILES string of the molecule is O=C(O)c1ccc2c(c1)N(S(=O)(=O)c1cccc(Cl)c1)CCS2. The first-order valence-electron chi connectivity index (χ1n) is 6.68. The van der Waals surface area contributed by atoms with Crippen molar-refractivity contribution in [2.45, 2.75) is 9.79 Å². The molecule has 0 atom stereocenters. The van der Waals surface area contributed by atoms with E-state index in [1.807, 2.05) is 0 Å². The van der Waals surface area contributed by atoms with Gasteiger partial charge in [0.1, 0.15) is 0 Å². The number of carboxylic acid groups (broad SMARTS) is 1. The van der Waals surface area contributed by atoms with E-state index in [0.29, 0.717) is 16.5 Å². The molecule has 120 valence electrons. The summed E-state index contributed by atoms with van der Waals surface area (Å²) >= 11 is 7.39. The van der Waals surface area contributed by atoms with E-state index < -0.39 is 16.0 Å². The molecule has 1 N–H and O–H groups in total. The Bertz CT molecular complexity index is 883. The minimum Gasteiger partial charge on any atom is -0.478 e. The number of nitrogens with zero attached hydrogens (tertiary/aromatic N) is 1. The van der Waals surface area contributed by atoms with Crippen LogP contribution in [0, 0.1) is 0 Å². The predicted octanol–water partition coefficient (Wildman–Crippen LogP) is 3.34. The van der Waals surface area contributed by atoms with Crippen molar-refractivity contribution in [3.8, 4) is 0 Å². The molecule has 0 saturated heterocycles. The number of thioether (sulfide) groups is 1. The van der Waals surface area contributed by atoms with E-state index in [-0.39, 0.29) is 17.0 Å². The lowest BCUT2D eigenvalue weighted by Crippen LogP contribution is -2.35. The average Bonchev–Trinajstić information content (AvgIpc) is 2.53. The average molecular weight is 370 g/mol. The summed E-state index contributed by atoms with van der Waals surface area (Å²) in [7, 11) is -3.80. The summed E-state index contributed by atoms with van der Waals surface area (Å²) in [4.78, 5) is 12.0. The molecule has 0 bridgehead atoms. The second-order valence-corrected chi connectivity index (χ2v) is 8.31. The number of hydrogen-bond donors (Lipinski definition) is 1. The fourth-order valence-electron chi connectivity index (χ4n) is 2.33. The highest BCUT2D eigenvalue weighted by Gasteiger charge is 2.30. The lowest BCUT2D eigenvalue weighted by atomic mass is 10.2. The van der Waals surface area contributed by atoms with Crippen molar-refractivity contribution in [2.75, 3.05) is 16.6 Å². The first-order chi connectivity index (χ1) is 10.9. The van der Waals surface area contributed by atoms with Gasteiger partial charge in [0, 0.05) is 22.2 Å². The molecule has 0 amide bonds. The van der Waals surface area contributed by atoms with Crippen molar-refractivity contribution < 1.29 is 18.3 Å². The summed E-state index contributed by atoms with van der Waals surface area (Å²) in [6.07, 6.45) is 0. The van der Waals surface area contributed by atoms with Gasteiger partial charge in [0.25, 0.3) is 10.0 Å². The lowest BCUT2D eigenvalue weighted by molar-refractivity contribution is 0.0697. The Morgan fingerprint density at radius 3 is 2.70 bits per heavy atom. The fourth-order valence-corrected chi connectivity index (χ4v) is 5.26. The molecule has 0 aliphatic carbocycles. The second-order valence-electron chi connectivity index (χ2n) is 4.87. The van der Waals surface area contributed by atoms with Crippen molar-refractivity contribution in [2.24, 2.45) is 0 Å². The second kappa shape index (κ2) is 6.07. The van der Waals surface area contributed by atoms with Gasteiger partial charge < -0.3 is 5.11 Å². The fraction of sp³-hybridized carbons (Fsp3) is 0.133.